The molecule has 0 radical (unpaired) electrons. The predicted octanol–water partition coefficient (Wildman–Crippen LogP) is 1.96. The highest BCUT2D eigenvalue weighted by Crippen LogP contribution is 2.22. The zero-order chi connectivity index (χ0) is 15.4. The Hall–Kier alpha value is -2.08. The molecule has 1 saturated heterocycles. The Balaban J connectivity index is 1.55. The maximum atomic E-state index is 5.29. The summed E-state index contributed by atoms with van der Waals surface area (Å²) in [4.78, 5) is 9.10. The first kappa shape index (κ1) is 14.8. The minimum atomic E-state index is 0.715. The van der Waals surface area contributed by atoms with Crippen molar-refractivity contribution in [2.24, 2.45) is 0 Å². The fourth-order valence-electron chi connectivity index (χ4n) is 2.66. The summed E-state index contributed by atoms with van der Waals surface area (Å²) in [5, 5.41) is 3.94. The summed E-state index contributed by atoms with van der Waals surface area (Å²) in [6.45, 7) is 6.71. The quantitative estimate of drug-likeness (QED) is 0.841. The zero-order valence-corrected chi connectivity index (χ0v) is 13.2. The van der Waals surface area contributed by atoms with Crippen LogP contribution in [0.5, 0.6) is 5.75 Å². The van der Waals surface area contributed by atoms with Crippen molar-refractivity contribution in [2.75, 3.05) is 38.2 Å². The summed E-state index contributed by atoms with van der Waals surface area (Å²) in [7, 11) is 1.70. The molecule has 1 aromatic heterocycles. The van der Waals surface area contributed by atoms with Gasteiger partial charge in [0.25, 0.3) is 0 Å². The van der Waals surface area contributed by atoms with Crippen molar-refractivity contribution in [2.45, 2.75) is 19.9 Å². The van der Waals surface area contributed by atoms with E-state index in [9.17, 15) is 0 Å². The summed E-state index contributed by atoms with van der Waals surface area (Å²) in [6, 6.07) is 8.22. The second-order valence-electron chi connectivity index (χ2n) is 5.42. The lowest BCUT2D eigenvalue weighted by Crippen LogP contribution is -2.46. The molecule has 3 rings (SSSR count). The van der Waals surface area contributed by atoms with Crippen LogP contribution in [0.4, 0.5) is 5.69 Å². The van der Waals surface area contributed by atoms with Gasteiger partial charge < -0.3 is 14.2 Å². The topological polar surface area (TPSA) is 54.6 Å². The molecular weight excluding hydrogens is 280 g/mol. The highest BCUT2D eigenvalue weighted by atomic mass is 16.5. The van der Waals surface area contributed by atoms with Gasteiger partial charge in [0.1, 0.15) is 5.75 Å². The van der Waals surface area contributed by atoms with E-state index in [1.54, 1.807) is 7.11 Å². The molecule has 118 valence electrons. The standard InChI is InChI=1S/C16H22N4O2/c1-3-15-17-16(22-18-15)12-19-7-9-20(10-8-19)13-5-4-6-14(11-13)21-2/h4-6,11H,3,7-10,12H2,1-2H3. The summed E-state index contributed by atoms with van der Waals surface area (Å²) in [6.07, 6.45) is 0.813. The number of hydrogen-bond donors (Lipinski definition) is 0. The second kappa shape index (κ2) is 6.79. The Kier molecular flexibility index (Phi) is 4.58. The Morgan fingerprint density at radius 2 is 2.05 bits per heavy atom. The van der Waals surface area contributed by atoms with E-state index in [2.05, 4.69) is 32.1 Å². The summed E-state index contributed by atoms with van der Waals surface area (Å²) < 4.78 is 10.6. The fourth-order valence-corrected chi connectivity index (χ4v) is 2.66. The minimum Gasteiger partial charge on any atom is -0.497 e. The van der Waals surface area contributed by atoms with Crippen LogP contribution in [-0.4, -0.2) is 48.3 Å². The number of benzene rings is 1. The third kappa shape index (κ3) is 3.39. The lowest BCUT2D eigenvalue weighted by molar-refractivity contribution is 0.215. The molecule has 6 heteroatoms. The van der Waals surface area contributed by atoms with Crippen LogP contribution in [0, 0.1) is 0 Å². The fraction of sp³-hybridized carbons (Fsp3) is 0.500. The number of nitrogens with zero attached hydrogens (tertiary/aromatic N) is 4. The summed E-state index contributed by atoms with van der Waals surface area (Å²) in [5.41, 5.74) is 1.21. The first-order valence-corrected chi connectivity index (χ1v) is 7.71. The Labute approximate surface area is 130 Å². The number of piperazine rings is 1. The van der Waals surface area contributed by atoms with Crippen molar-refractivity contribution in [3.63, 3.8) is 0 Å². The largest absolute Gasteiger partial charge is 0.497 e. The highest BCUT2D eigenvalue weighted by Gasteiger charge is 2.19. The number of rotatable bonds is 5. The SMILES string of the molecule is CCc1noc(CN2CCN(c3cccc(OC)c3)CC2)n1. The maximum absolute atomic E-state index is 5.29. The molecule has 22 heavy (non-hydrogen) atoms. The molecule has 1 aliphatic heterocycles. The van der Waals surface area contributed by atoms with Crippen LogP contribution in [0.3, 0.4) is 0 Å². The summed E-state index contributed by atoms with van der Waals surface area (Å²) in [5.74, 6) is 2.40. The van der Waals surface area contributed by atoms with Gasteiger partial charge in [-0.05, 0) is 12.1 Å². The van der Waals surface area contributed by atoms with Gasteiger partial charge in [-0.3, -0.25) is 4.90 Å². The van der Waals surface area contributed by atoms with Gasteiger partial charge in [-0.2, -0.15) is 4.98 Å². The molecule has 1 fully saturated rings. The van der Waals surface area contributed by atoms with Gasteiger partial charge >= 0.3 is 0 Å². The monoisotopic (exact) mass is 302 g/mol. The van der Waals surface area contributed by atoms with Gasteiger partial charge in [0.2, 0.25) is 5.89 Å². The van der Waals surface area contributed by atoms with Gasteiger partial charge in [-0.15, -0.1) is 0 Å². The van der Waals surface area contributed by atoms with Crippen LogP contribution < -0.4 is 9.64 Å². The van der Waals surface area contributed by atoms with Crippen LogP contribution in [0.15, 0.2) is 28.8 Å². The van der Waals surface area contributed by atoms with Gasteiger partial charge in [-0.1, -0.05) is 18.1 Å². The van der Waals surface area contributed by atoms with Crippen molar-refractivity contribution in [3.8, 4) is 5.75 Å². The molecule has 2 heterocycles. The zero-order valence-electron chi connectivity index (χ0n) is 13.2. The number of anilines is 1. The molecule has 0 N–H and O–H groups in total. The molecule has 0 spiro atoms. The van der Waals surface area contributed by atoms with Gasteiger partial charge in [0.15, 0.2) is 5.82 Å². The molecule has 2 aromatic rings. The molecule has 0 saturated carbocycles. The van der Waals surface area contributed by atoms with Crippen molar-refractivity contribution in [1.29, 1.82) is 0 Å². The van der Waals surface area contributed by atoms with E-state index in [-0.39, 0.29) is 0 Å². The molecule has 0 unspecified atom stereocenters. The van der Waals surface area contributed by atoms with Crippen LogP contribution in [0.1, 0.15) is 18.6 Å². The third-order valence-corrected chi connectivity index (χ3v) is 3.98. The van der Waals surface area contributed by atoms with Crippen molar-refractivity contribution in [1.82, 2.24) is 15.0 Å². The Bertz CT molecular complexity index is 606. The van der Waals surface area contributed by atoms with E-state index in [1.165, 1.54) is 5.69 Å². The van der Waals surface area contributed by atoms with Gasteiger partial charge in [-0.25, -0.2) is 0 Å². The van der Waals surface area contributed by atoms with Gasteiger partial charge in [0, 0.05) is 44.4 Å². The minimum absolute atomic E-state index is 0.715. The Morgan fingerprint density at radius 3 is 2.73 bits per heavy atom. The van der Waals surface area contributed by atoms with Gasteiger partial charge in [0.05, 0.1) is 13.7 Å². The summed E-state index contributed by atoms with van der Waals surface area (Å²) >= 11 is 0. The smallest absolute Gasteiger partial charge is 0.240 e. The first-order chi connectivity index (χ1) is 10.8. The molecule has 1 aromatic carbocycles. The number of methoxy groups -OCH3 is 1. The molecule has 1 aliphatic rings. The molecular formula is C16H22N4O2. The van der Waals surface area contributed by atoms with Crippen molar-refractivity contribution >= 4 is 5.69 Å². The van der Waals surface area contributed by atoms with Crippen molar-refractivity contribution in [3.05, 3.63) is 36.0 Å². The van der Waals surface area contributed by atoms with E-state index < -0.39 is 0 Å². The average Bonchev–Trinajstić information content (AvgIpc) is 3.03. The first-order valence-electron chi connectivity index (χ1n) is 7.71. The van der Waals surface area contributed by atoms with Crippen molar-refractivity contribution < 1.29 is 9.26 Å². The lowest BCUT2D eigenvalue weighted by atomic mass is 10.2. The number of hydrogen-bond acceptors (Lipinski definition) is 6. The van der Waals surface area contributed by atoms with Crippen LogP contribution >= 0.6 is 0 Å². The number of aromatic nitrogens is 2. The lowest BCUT2D eigenvalue weighted by Gasteiger charge is -2.35. The van der Waals surface area contributed by atoms with Crippen LogP contribution in [-0.2, 0) is 13.0 Å². The van der Waals surface area contributed by atoms with Crippen LogP contribution in [0.2, 0.25) is 0 Å². The molecule has 0 amide bonds. The van der Waals surface area contributed by atoms with E-state index in [1.807, 2.05) is 19.1 Å². The predicted molar refractivity (Wildman–Crippen MR) is 84.2 cm³/mol. The molecule has 0 atom stereocenters. The molecule has 0 aliphatic carbocycles. The average molecular weight is 302 g/mol. The number of aryl methyl sites for hydroxylation is 1. The second-order valence-corrected chi connectivity index (χ2v) is 5.42. The van der Waals surface area contributed by atoms with E-state index in [0.717, 1.165) is 50.7 Å². The normalized spacial score (nSPS) is 16.0. The van der Waals surface area contributed by atoms with E-state index >= 15 is 0 Å². The molecule has 0 bridgehead atoms. The number of ether oxygens (including phenoxy) is 1. The van der Waals surface area contributed by atoms with Crippen LogP contribution in [0.25, 0.3) is 0 Å². The Morgan fingerprint density at radius 1 is 1.23 bits per heavy atom. The highest BCUT2D eigenvalue weighted by molar-refractivity contribution is 5.51. The third-order valence-electron chi connectivity index (χ3n) is 3.98. The van der Waals surface area contributed by atoms with E-state index in [0.29, 0.717) is 5.89 Å². The van der Waals surface area contributed by atoms with E-state index in [4.69, 9.17) is 9.26 Å². The molecule has 6 nitrogen and oxygen atoms in total. The maximum Gasteiger partial charge on any atom is 0.240 e.